The van der Waals surface area contributed by atoms with E-state index in [0.717, 1.165) is 36.0 Å². The van der Waals surface area contributed by atoms with Gasteiger partial charge in [0.15, 0.2) is 14.8 Å². The maximum Gasteiger partial charge on any atom is 0.305 e. The van der Waals surface area contributed by atoms with Crippen LogP contribution in [0.15, 0.2) is 40.7 Å². The second kappa shape index (κ2) is 6.65. The Kier molecular flexibility index (Phi) is 4.43. The van der Waals surface area contributed by atoms with E-state index in [1.807, 2.05) is 17.0 Å². The van der Waals surface area contributed by atoms with E-state index in [-0.39, 0.29) is 9.90 Å². The standard InChI is InChI=1S/C18H19N3O4S2/c1-27(24,25)17-10-16(21(22)23)18(26-17)20-8-6-12(7-9-20)14-11-19-15-5-3-2-4-13(14)15/h2-5,10-12,19H,6-9H2,1H3. The van der Waals surface area contributed by atoms with Crippen LogP contribution in [0, 0.1) is 10.1 Å². The van der Waals surface area contributed by atoms with Crippen LogP contribution in [-0.4, -0.2) is 37.7 Å². The average Bonchev–Trinajstić information content (AvgIpc) is 3.26. The van der Waals surface area contributed by atoms with Crippen LogP contribution >= 0.6 is 11.3 Å². The number of fused-ring (bicyclic) bond motifs is 1. The lowest BCUT2D eigenvalue weighted by atomic mass is 9.89. The molecule has 1 aliphatic heterocycles. The molecule has 9 heteroatoms. The van der Waals surface area contributed by atoms with Crippen LogP contribution in [0.4, 0.5) is 10.7 Å². The highest BCUT2D eigenvalue weighted by atomic mass is 32.2. The maximum absolute atomic E-state index is 11.8. The van der Waals surface area contributed by atoms with Crippen LogP contribution < -0.4 is 4.90 Å². The summed E-state index contributed by atoms with van der Waals surface area (Å²) in [5, 5.41) is 13.1. The number of nitrogens with zero attached hydrogens (tertiary/aromatic N) is 2. The molecule has 0 unspecified atom stereocenters. The molecule has 1 fully saturated rings. The minimum atomic E-state index is -3.46. The van der Waals surface area contributed by atoms with Gasteiger partial charge in [0.2, 0.25) is 0 Å². The molecule has 7 nitrogen and oxygen atoms in total. The van der Waals surface area contributed by atoms with Gasteiger partial charge in [-0.05, 0) is 30.4 Å². The Hall–Kier alpha value is -2.39. The number of anilines is 1. The van der Waals surface area contributed by atoms with E-state index in [0.29, 0.717) is 24.0 Å². The molecule has 0 bridgehead atoms. The lowest BCUT2D eigenvalue weighted by Gasteiger charge is -2.32. The summed E-state index contributed by atoms with van der Waals surface area (Å²) in [5.74, 6) is 0.380. The molecule has 4 rings (SSSR count). The first-order chi connectivity index (χ1) is 12.8. The van der Waals surface area contributed by atoms with E-state index in [4.69, 9.17) is 0 Å². The summed E-state index contributed by atoms with van der Waals surface area (Å²) in [6.45, 7) is 1.32. The lowest BCUT2D eigenvalue weighted by molar-refractivity contribution is -0.383. The van der Waals surface area contributed by atoms with Crippen molar-refractivity contribution in [2.24, 2.45) is 0 Å². The van der Waals surface area contributed by atoms with Crippen molar-refractivity contribution in [3.05, 3.63) is 52.2 Å². The number of aromatic nitrogens is 1. The van der Waals surface area contributed by atoms with E-state index in [2.05, 4.69) is 23.3 Å². The molecule has 1 saturated heterocycles. The third-order valence-electron chi connectivity index (χ3n) is 5.08. The van der Waals surface area contributed by atoms with Gasteiger partial charge < -0.3 is 9.88 Å². The Morgan fingerprint density at radius 2 is 1.96 bits per heavy atom. The lowest BCUT2D eigenvalue weighted by Crippen LogP contribution is -2.32. The van der Waals surface area contributed by atoms with Crippen molar-refractivity contribution in [2.75, 3.05) is 24.2 Å². The van der Waals surface area contributed by atoms with Gasteiger partial charge in [0, 0.05) is 42.5 Å². The van der Waals surface area contributed by atoms with Gasteiger partial charge >= 0.3 is 5.69 Å². The summed E-state index contributed by atoms with van der Waals surface area (Å²) < 4.78 is 23.6. The van der Waals surface area contributed by atoms with Crippen molar-refractivity contribution < 1.29 is 13.3 Å². The fourth-order valence-corrected chi connectivity index (χ4v) is 5.79. The van der Waals surface area contributed by atoms with Gasteiger partial charge in [-0.15, -0.1) is 0 Å². The zero-order valence-corrected chi connectivity index (χ0v) is 16.3. The highest BCUT2D eigenvalue weighted by Crippen LogP contribution is 2.42. The van der Waals surface area contributed by atoms with Gasteiger partial charge in [0.05, 0.1) is 4.92 Å². The molecule has 0 saturated carbocycles. The summed E-state index contributed by atoms with van der Waals surface area (Å²) >= 11 is 0.993. The van der Waals surface area contributed by atoms with Gasteiger partial charge in [-0.2, -0.15) is 0 Å². The molecule has 0 radical (unpaired) electrons. The van der Waals surface area contributed by atoms with Crippen molar-refractivity contribution in [1.82, 2.24) is 4.98 Å². The minimum Gasteiger partial charge on any atom is -0.361 e. The minimum absolute atomic E-state index is 0.0444. The molecule has 1 N–H and O–H groups in total. The van der Waals surface area contributed by atoms with Gasteiger partial charge in [-0.1, -0.05) is 29.5 Å². The molecular formula is C18H19N3O4S2. The fourth-order valence-electron chi connectivity index (χ4n) is 3.72. The molecule has 1 aromatic carbocycles. The molecule has 27 heavy (non-hydrogen) atoms. The van der Waals surface area contributed by atoms with Crippen LogP contribution in [0.3, 0.4) is 0 Å². The number of rotatable bonds is 4. The molecule has 142 valence electrons. The quantitative estimate of drug-likeness (QED) is 0.524. The van der Waals surface area contributed by atoms with Crippen molar-refractivity contribution in [3.63, 3.8) is 0 Å². The van der Waals surface area contributed by atoms with E-state index in [1.165, 1.54) is 17.0 Å². The van der Waals surface area contributed by atoms with Crippen LogP contribution in [0.5, 0.6) is 0 Å². The first kappa shape index (κ1) is 18.0. The number of nitrogens with one attached hydrogen (secondary N) is 1. The fraction of sp³-hybridized carbons (Fsp3) is 0.333. The van der Waals surface area contributed by atoms with Gasteiger partial charge in [-0.3, -0.25) is 10.1 Å². The van der Waals surface area contributed by atoms with Gasteiger partial charge in [0.1, 0.15) is 4.21 Å². The van der Waals surface area contributed by atoms with E-state index in [9.17, 15) is 18.5 Å². The molecule has 3 aromatic rings. The Morgan fingerprint density at radius 1 is 1.26 bits per heavy atom. The number of nitro groups is 1. The van der Waals surface area contributed by atoms with Crippen molar-refractivity contribution in [1.29, 1.82) is 0 Å². The predicted molar refractivity (Wildman–Crippen MR) is 107 cm³/mol. The topological polar surface area (TPSA) is 96.3 Å². The summed E-state index contributed by atoms with van der Waals surface area (Å²) in [5.41, 5.74) is 2.27. The third kappa shape index (κ3) is 3.32. The van der Waals surface area contributed by atoms with Gasteiger partial charge in [-0.25, -0.2) is 8.42 Å². The monoisotopic (exact) mass is 405 g/mol. The van der Waals surface area contributed by atoms with Crippen molar-refractivity contribution in [2.45, 2.75) is 23.0 Å². The van der Waals surface area contributed by atoms with Crippen molar-refractivity contribution >= 4 is 42.8 Å². The molecule has 1 aliphatic rings. The number of piperidine rings is 1. The normalized spacial score (nSPS) is 16.1. The summed E-state index contributed by atoms with van der Waals surface area (Å²) in [7, 11) is -3.46. The summed E-state index contributed by atoms with van der Waals surface area (Å²) in [6.07, 6.45) is 4.87. The molecule has 0 spiro atoms. The number of thiophene rings is 1. The Bertz CT molecular complexity index is 1110. The molecular weight excluding hydrogens is 386 g/mol. The highest BCUT2D eigenvalue weighted by Gasteiger charge is 2.30. The van der Waals surface area contributed by atoms with E-state index >= 15 is 0 Å². The van der Waals surface area contributed by atoms with Crippen molar-refractivity contribution in [3.8, 4) is 0 Å². The number of hydrogen-bond acceptors (Lipinski definition) is 6. The van der Waals surface area contributed by atoms with Gasteiger partial charge in [0.25, 0.3) is 0 Å². The second-order valence-electron chi connectivity index (χ2n) is 6.84. The highest BCUT2D eigenvalue weighted by molar-refractivity contribution is 7.92. The number of aromatic amines is 1. The smallest absolute Gasteiger partial charge is 0.305 e. The molecule has 0 aliphatic carbocycles. The number of sulfone groups is 1. The largest absolute Gasteiger partial charge is 0.361 e. The predicted octanol–water partition coefficient (Wildman–Crippen LogP) is 3.93. The Morgan fingerprint density at radius 3 is 2.63 bits per heavy atom. The van der Waals surface area contributed by atoms with E-state index in [1.54, 1.807) is 0 Å². The van der Waals surface area contributed by atoms with Crippen LogP contribution in [0.25, 0.3) is 10.9 Å². The molecule has 3 heterocycles. The van der Waals surface area contributed by atoms with Crippen LogP contribution in [0.1, 0.15) is 24.3 Å². The number of benzene rings is 1. The summed E-state index contributed by atoms with van der Waals surface area (Å²) in [6, 6.07) is 9.36. The molecule has 2 aromatic heterocycles. The zero-order valence-electron chi connectivity index (χ0n) is 14.7. The molecule has 0 atom stereocenters. The molecule has 0 amide bonds. The second-order valence-corrected chi connectivity index (χ2v) is 10.1. The Balaban J connectivity index is 1.58. The Labute approximate surface area is 160 Å². The zero-order chi connectivity index (χ0) is 19.2. The van der Waals surface area contributed by atoms with E-state index < -0.39 is 14.8 Å². The third-order valence-corrected chi connectivity index (χ3v) is 8.06. The summed E-state index contributed by atoms with van der Waals surface area (Å²) in [4.78, 5) is 16.1. The number of hydrogen-bond donors (Lipinski definition) is 1. The van der Waals surface area contributed by atoms with Crippen LogP contribution in [0.2, 0.25) is 0 Å². The number of H-pyrrole nitrogens is 1. The first-order valence-corrected chi connectivity index (χ1v) is 11.3. The number of para-hydroxylation sites is 1. The first-order valence-electron chi connectivity index (χ1n) is 8.64. The average molecular weight is 406 g/mol. The SMILES string of the molecule is CS(=O)(=O)c1cc([N+](=O)[O-])c(N2CCC(c3c[nH]c4ccccc34)CC2)s1. The van der Waals surface area contributed by atoms with Crippen LogP contribution in [-0.2, 0) is 9.84 Å². The maximum atomic E-state index is 11.8.